The number of methoxy groups -OCH3 is 1. The maximum absolute atomic E-state index is 13.6. The van der Waals surface area contributed by atoms with Crippen LogP contribution in [0.3, 0.4) is 0 Å². The lowest BCUT2D eigenvalue weighted by molar-refractivity contribution is -0.385. The van der Waals surface area contributed by atoms with Gasteiger partial charge in [-0.25, -0.2) is 9.37 Å². The van der Waals surface area contributed by atoms with E-state index < -0.39 is 27.9 Å². The highest BCUT2D eigenvalue weighted by Gasteiger charge is 2.26. The van der Waals surface area contributed by atoms with Crippen LogP contribution in [-0.2, 0) is 0 Å². The number of hydrogen-bond acceptors (Lipinski definition) is 6. The summed E-state index contributed by atoms with van der Waals surface area (Å²) in [5.41, 5.74) is -1.17. The fourth-order valence-electron chi connectivity index (χ4n) is 1.26. The molecule has 1 aromatic heterocycles. The molecule has 0 atom stereocenters. The first-order valence-corrected chi connectivity index (χ1v) is 5.14. The second-order valence-electron chi connectivity index (χ2n) is 3.75. The summed E-state index contributed by atoms with van der Waals surface area (Å²) in [6.45, 7) is 0. The van der Waals surface area contributed by atoms with Crippen molar-refractivity contribution < 1.29 is 18.8 Å². The molecule has 0 fully saturated rings. The van der Waals surface area contributed by atoms with E-state index in [1.165, 1.54) is 32.2 Å². The van der Waals surface area contributed by atoms with Gasteiger partial charge in [0.1, 0.15) is 0 Å². The molecule has 1 rings (SSSR count). The predicted octanol–water partition coefficient (Wildman–Crippen LogP) is 1.55. The van der Waals surface area contributed by atoms with Crippen molar-refractivity contribution in [1.82, 2.24) is 9.88 Å². The molecule has 0 radical (unpaired) electrons. The molecule has 1 aromatic rings. The number of nitro groups is 1. The lowest BCUT2D eigenvalue weighted by atomic mass is 10.2. The summed E-state index contributed by atoms with van der Waals surface area (Å²) in [4.78, 5) is 26.7. The van der Waals surface area contributed by atoms with Gasteiger partial charge >= 0.3 is 0 Å². The second kappa shape index (κ2) is 5.89. The van der Waals surface area contributed by atoms with E-state index in [0.717, 1.165) is 12.3 Å². The largest absolute Gasteiger partial charge is 0.481 e. The number of carbonyl (C=O) groups excluding carboxylic acids is 1. The van der Waals surface area contributed by atoms with Crippen LogP contribution >= 0.6 is 0 Å². The van der Waals surface area contributed by atoms with Crippen molar-refractivity contribution in [3.63, 3.8) is 0 Å². The van der Waals surface area contributed by atoms with Gasteiger partial charge in [-0.15, -0.1) is 0 Å². The van der Waals surface area contributed by atoms with Crippen molar-refractivity contribution in [1.29, 1.82) is 0 Å². The Hall–Kier alpha value is -2.51. The molecule has 0 N–H and O–H groups in total. The highest BCUT2D eigenvalue weighted by Crippen LogP contribution is 2.23. The molecular formula is C11H12FN3O4. The van der Waals surface area contributed by atoms with Crippen molar-refractivity contribution >= 4 is 11.5 Å². The zero-order valence-electron chi connectivity index (χ0n) is 10.6. The third-order valence-electron chi connectivity index (χ3n) is 2.06. The SMILES string of the molecule is COc1ccc([N+](=O)[O-])c(C(=O)/C(F)=C\N(C)C)n1. The van der Waals surface area contributed by atoms with E-state index >= 15 is 0 Å². The van der Waals surface area contributed by atoms with Gasteiger partial charge in [-0.05, 0) is 0 Å². The summed E-state index contributed by atoms with van der Waals surface area (Å²) in [7, 11) is 4.31. The van der Waals surface area contributed by atoms with E-state index in [1.807, 2.05) is 0 Å². The zero-order chi connectivity index (χ0) is 14.6. The first-order chi connectivity index (χ1) is 8.86. The standard InChI is InChI=1S/C11H12FN3O4/c1-14(2)6-7(12)11(16)10-8(15(17)18)4-5-9(13-10)19-3/h4-6H,1-3H3/b7-6+. The molecule has 0 bridgehead atoms. The van der Waals surface area contributed by atoms with Crippen LogP contribution in [0.2, 0.25) is 0 Å². The molecule has 0 aromatic carbocycles. The molecule has 102 valence electrons. The summed E-state index contributed by atoms with van der Waals surface area (Å²) >= 11 is 0. The first-order valence-electron chi connectivity index (χ1n) is 5.14. The highest BCUT2D eigenvalue weighted by molar-refractivity contribution is 6.08. The molecule has 0 unspecified atom stereocenters. The van der Waals surface area contributed by atoms with E-state index in [0.29, 0.717) is 0 Å². The Morgan fingerprint density at radius 3 is 2.63 bits per heavy atom. The summed E-state index contributed by atoms with van der Waals surface area (Å²) in [5.74, 6) is -2.32. The van der Waals surface area contributed by atoms with Gasteiger partial charge in [-0.3, -0.25) is 14.9 Å². The lowest BCUT2D eigenvalue weighted by Crippen LogP contribution is -2.11. The first kappa shape index (κ1) is 14.6. The summed E-state index contributed by atoms with van der Waals surface area (Å²) < 4.78 is 18.3. The van der Waals surface area contributed by atoms with Crippen molar-refractivity contribution in [3.05, 3.63) is 40.0 Å². The van der Waals surface area contributed by atoms with Gasteiger partial charge in [-0.1, -0.05) is 0 Å². The van der Waals surface area contributed by atoms with Crippen LogP contribution in [0.15, 0.2) is 24.2 Å². The fourth-order valence-corrected chi connectivity index (χ4v) is 1.26. The number of allylic oxidation sites excluding steroid dienone is 1. The van der Waals surface area contributed by atoms with Crippen molar-refractivity contribution in [3.8, 4) is 5.88 Å². The molecule has 0 aliphatic heterocycles. The van der Waals surface area contributed by atoms with Gasteiger partial charge in [-0.2, -0.15) is 0 Å². The minimum Gasteiger partial charge on any atom is -0.481 e. The smallest absolute Gasteiger partial charge is 0.299 e. The Bertz CT molecular complexity index is 543. The normalized spacial score (nSPS) is 11.1. The van der Waals surface area contributed by atoms with Gasteiger partial charge in [0, 0.05) is 32.4 Å². The number of ketones is 1. The number of pyridine rings is 1. The third kappa shape index (κ3) is 3.47. The number of aromatic nitrogens is 1. The van der Waals surface area contributed by atoms with Gasteiger partial charge in [0.2, 0.25) is 11.7 Å². The van der Waals surface area contributed by atoms with Crippen LogP contribution in [0.4, 0.5) is 10.1 Å². The molecule has 0 aliphatic carbocycles. The van der Waals surface area contributed by atoms with E-state index in [-0.39, 0.29) is 5.88 Å². The zero-order valence-corrected chi connectivity index (χ0v) is 10.6. The Balaban J connectivity index is 3.31. The van der Waals surface area contributed by atoms with Crippen LogP contribution in [0.1, 0.15) is 10.5 Å². The number of carbonyl (C=O) groups is 1. The number of nitrogens with zero attached hydrogens (tertiary/aromatic N) is 3. The van der Waals surface area contributed by atoms with Crippen LogP contribution in [0.25, 0.3) is 0 Å². The third-order valence-corrected chi connectivity index (χ3v) is 2.06. The lowest BCUT2D eigenvalue weighted by Gasteiger charge is -2.06. The van der Waals surface area contributed by atoms with Crippen molar-refractivity contribution in [2.75, 3.05) is 21.2 Å². The molecule has 8 heteroatoms. The average molecular weight is 269 g/mol. The number of rotatable bonds is 5. The number of Topliss-reactive ketones (excluding diaryl/α,β-unsaturated/α-hetero) is 1. The minimum absolute atomic E-state index is 0.00777. The van der Waals surface area contributed by atoms with Crippen LogP contribution in [0.5, 0.6) is 5.88 Å². The molecule has 0 aliphatic rings. The van der Waals surface area contributed by atoms with Crippen LogP contribution < -0.4 is 4.74 Å². The number of hydrogen-bond donors (Lipinski definition) is 0. The quantitative estimate of drug-likeness (QED) is 0.349. The monoisotopic (exact) mass is 269 g/mol. The number of halogens is 1. The van der Waals surface area contributed by atoms with Gasteiger partial charge in [0.05, 0.1) is 12.0 Å². The predicted molar refractivity (Wildman–Crippen MR) is 64.7 cm³/mol. The average Bonchev–Trinajstić information content (AvgIpc) is 2.36. The summed E-state index contributed by atoms with van der Waals surface area (Å²) in [6.07, 6.45) is 0.910. The molecule has 0 amide bonds. The summed E-state index contributed by atoms with van der Waals surface area (Å²) in [5, 5.41) is 10.8. The Morgan fingerprint density at radius 1 is 1.53 bits per heavy atom. The molecule has 0 saturated heterocycles. The van der Waals surface area contributed by atoms with Crippen molar-refractivity contribution in [2.24, 2.45) is 0 Å². The van der Waals surface area contributed by atoms with E-state index in [1.54, 1.807) is 0 Å². The Labute approximate surface area is 108 Å². The Morgan fingerprint density at radius 2 is 2.16 bits per heavy atom. The van der Waals surface area contributed by atoms with Gasteiger partial charge in [0.25, 0.3) is 5.69 Å². The fraction of sp³-hybridized carbons (Fsp3) is 0.273. The Kier molecular flexibility index (Phi) is 4.51. The topological polar surface area (TPSA) is 85.6 Å². The highest BCUT2D eigenvalue weighted by atomic mass is 19.1. The number of ether oxygens (including phenoxy) is 1. The molecule has 19 heavy (non-hydrogen) atoms. The maximum atomic E-state index is 13.6. The molecule has 7 nitrogen and oxygen atoms in total. The van der Waals surface area contributed by atoms with E-state index in [2.05, 4.69) is 4.98 Å². The molecule has 0 saturated carbocycles. The molecule has 0 spiro atoms. The van der Waals surface area contributed by atoms with Gasteiger partial charge < -0.3 is 9.64 Å². The van der Waals surface area contributed by atoms with Crippen LogP contribution in [0, 0.1) is 10.1 Å². The van der Waals surface area contributed by atoms with Crippen LogP contribution in [-0.4, -0.2) is 41.8 Å². The molecule has 1 heterocycles. The minimum atomic E-state index is -1.17. The molecular weight excluding hydrogens is 257 g/mol. The van der Waals surface area contributed by atoms with E-state index in [4.69, 9.17) is 4.74 Å². The van der Waals surface area contributed by atoms with Crippen molar-refractivity contribution in [2.45, 2.75) is 0 Å². The second-order valence-corrected chi connectivity index (χ2v) is 3.75. The van der Waals surface area contributed by atoms with Gasteiger partial charge in [0.15, 0.2) is 11.5 Å². The van der Waals surface area contributed by atoms with E-state index in [9.17, 15) is 19.3 Å². The summed E-state index contributed by atoms with van der Waals surface area (Å²) in [6, 6.07) is 2.27. The maximum Gasteiger partial charge on any atom is 0.299 e.